The Morgan fingerprint density at radius 1 is 1.36 bits per heavy atom. The molecule has 0 fully saturated rings. The summed E-state index contributed by atoms with van der Waals surface area (Å²) in [6.07, 6.45) is 9.16. The summed E-state index contributed by atoms with van der Waals surface area (Å²) in [5.41, 5.74) is 4.06. The first-order chi connectivity index (χ1) is 10.5. The maximum atomic E-state index is 4.96. The van der Waals surface area contributed by atoms with Crippen molar-refractivity contribution in [3.63, 3.8) is 0 Å². The predicted molar refractivity (Wildman–Crippen MR) is 108 cm³/mol. The van der Waals surface area contributed by atoms with Crippen LogP contribution in [-0.4, -0.2) is 15.2 Å². The van der Waals surface area contributed by atoms with E-state index in [1.54, 1.807) is 0 Å². The van der Waals surface area contributed by atoms with Gasteiger partial charge < -0.3 is 0 Å². The average Bonchev–Trinajstić information content (AvgIpc) is 2.82. The van der Waals surface area contributed by atoms with Crippen molar-refractivity contribution in [3.8, 4) is 0 Å². The molecule has 1 aromatic rings. The summed E-state index contributed by atoms with van der Waals surface area (Å²) in [6, 6.07) is 8.76. The van der Waals surface area contributed by atoms with Crippen molar-refractivity contribution in [3.05, 3.63) is 65.1 Å². The molecule has 0 N–H and O–H groups in total. The first kappa shape index (κ1) is 16.1. The molecule has 2 heterocycles. The van der Waals surface area contributed by atoms with E-state index in [2.05, 4.69) is 79.6 Å². The number of hydrogen-bond donors (Lipinski definition) is 0. The van der Waals surface area contributed by atoms with Crippen LogP contribution < -0.4 is 0 Å². The fraction of sp³-hybridized carbons (Fsp3) is 0.316. The van der Waals surface area contributed by atoms with Crippen molar-refractivity contribution >= 4 is 46.1 Å². The number of hydrogen-bond acceptors (Lipinski definition) is 2. The number of benzene rings is 1. The molecule has 22 heavy (non-hydrogen) atoms. The molecule has 0 aromatic heterocycles. The van der Waals surface area contributed by atoms with Crippen molar-refractivity contribution in [2.24, 2.45) is 4.99 Å². The molecule has 0 aliphatic carbocycles. The Morgan fingerprint density at radius 3 is 2.91 bits per heavy atom. The van der Waals surface area contributed by atoms with Gasteiger partial charge in [-0.05, 0) is 41.9 Å². The van der Waals surface area contributed by atoms with E-state index in [1.807, 2.05) is 23.9 Å². The van der Waals surface area contributed by atoms with Crippen molar-refractivity contribution in [1.29, 1.82) is 0 Å². The number of alkyl halides is 1. The lowest BCUT2D eigenvalue weighted by Crippen LogP contribution is -2.29. The first-order valence-electron chi connectivity index (χ1n) is 7.45. The van der Waals surface area contributed by atoms with Crippen molar-refractivity contribution in [2.75, 3.05) is 0 Å². The molecule has 3 rings (SSSR count). The zero-order valence-corrected chi connectivity index (χ0v) is 15.9. The summed E-state index contributed by atoms with van der Waals surface area (Å²) < 4.78 is -0.0228. The number of nitrogens with zero attached hydrogens (tertiary/aromatic N) is 1. The van der Waals surface area contributed by atoms with Gasteiger partial charge in [0.2, 0.25) is 0 Å². The van der Waals surface area contributed by atoms with Crippen LogP contribution in [-0.2, 0) is 5.75 Å². The van der Waals surface area contributed by atoms with Gasteiger partial charge in [0.1, 0.15) is 0 Å². The van der Waals surface area contributed by atoms with E-state index >= 15 is 0 Å². The average molecular weight is 421 g/mol. The van der Waals surface area contributed by atoms with Crippen molar-refractivity contribution in [2.45, 2.75) is 35.0 Å². The van der Waals surface area contributed by atoms with Crippen LogP contribution in [0.3, 0.4) is 0 Å². The second-order valence-corrected chi connectivity index (χ2v) is 9.31. The maximum Gasteiger partial charge on any atom is 0.0858 e. The number of halogens is 1. The highest BCUT2D eigenvalue weighted by Crippen LogP contribution is 2.50. The SMILES string of the molecule is C=C/C=C/C1(I)C=N[C@](C)(C2=C(C)SCc3ccccc32)C1. The molecular weight excluding hydrogens is 401 g/mol. The van der Waals surface area contributed by atoms with E-state index in [1.165, 1.54) is 21.6 Å². The Kier molecular flexibility index (Phi) is 4.38. The molecular formula is C19H20INS. The van der Waals surface area contributed by atoms with Gasteiger partial charge in [-0.2, -0.15) is 0 Å². The molecule has 0 amide bonds. The number of allylic oxidation sites excluding steroid dienone is 4. The van der Waals surface area contributed by atoms with Gasteiger partial charge in [0.15, 0.2) is 0 Å². The van der Waals surface area contributed by atoms with Crippen LogP contribution in [0.5, 0.6) is 0 Å². The smallest absolute Gasteiger partial charge is 0.0858 e. The largest absolute Gasteiger partial charge is 0.285 e. The van der Waals surface area contributed by atoms with Crippen molar-refractivity contribution < 1.29 is 0 Å². The third-order valence-electron chi connectivity index (χ3n) is 4.31. The molecule has 2 atom stereocenters. The summed E-state index contributed by atoms with van der Waals surface area (Å²) in [4.78, 5) is 6.37. The van der Waals surface area contributed by atoms with Gasteiger partial charge in [-0.25, -0.2) is 0 Å². The van der Waals surface area contributed by atoms with E-state index in [4.69, 9.17) is 4.99 Å². The van der Waals surface area contributed by atoms with Crippen molar-refractivity contribution in [1.82, 2.24) is 0 Å². The first-order valence-corrected chi connectivity index (χ1v) is 9.52. The molecule has 1 unspecified atom stereocenters. The molecule has 2 aliphatic rings. The number of thioether (sulfide) groups is 1. The Morgan fingerprint density at radius 2 is 2.14 bits per heavy atom. The number of aliphatic imine (C=N–C) groups is 1. The Balaban J connectivity index is 2.02. The fourth-order valence-corrected chi connectivity index (χ4v) is 5.55. The van der Waals surface area contributed by atoms with Crippen LogP contribution in [0.2, 0.25) is 0 Å². The zero-order chi connectivity index (χ0) is 15.8. The predicted octanol–water partition coefficient (Wildman–Crippen LogP) is 5.81. The Bertz CT molecular complexity index is 703. The van der Waals surface area contributed by atoms with Gasteiger partial charge in [-0.3, -0.25) is 4.99 Å². The third-order valence-corrected chi connectivity index (χ3v) is 6.42. The molecule has 3 heteroatoms. The molecule has 0 saturated carbocycles. The Labute approximate surface area is 150 Å². The van der Waals surface area contributed by atoms with Gasteiger partial charge >= 0.3 is 0 Å². The monoisotopic (exact) mass is 421 g/mol. The zero-order valence-electron chi connectivity index (χ0n) is 13.0. The van der Waals surface area contributed by atoms with Gasteiger partial charge in [0.05, 0.1) is 8.96 Å². The molecule has 0 spiro atoms. The summed E-state index contributed by atoms with van der Waals surface area (Å²) >= 11 is 4.44. The van der Waals surface area contributed by atoms with E-state index in [9.17, 15) is 0 Å². The second-order valence-electron chi connectivity index (χ2n) is 6.11. The number of rotatable bonds is 3. The summed E-state index contributed by atoms with van der Waals surface area (Å²) in [7, 11) is 0. The Hall–Kier alpha value is -0.810. The summed E-state index contributed by atoms with van der Waals surface area (Å²) in [5.74, 6) is 1.07. The maximum absolute atomic E-state index is 4.96. The van der Waals surface area contributed by atoms with E-state index in [0.29, 0.717) is 0 Å². The topological polar surface area (TPSA) is 12.4 Å². The number of fused-ring (bicyclic) bond motifs is 1. The van der Waals surface area contributed by atoms with E-state index in [0.717, 1.165) is 12.2 Å². The molecule has 0 bridgehead atoms. The minimum absolute atomic E-state index is 0.0228. The van der Waals surface area contributed by atoms with Crippen LogP contribution in [0.4, 0.5) is 0 Å². The second kappa shape index (κ2) is 6.00. The van der Waals surface area contributed by atoms with Gasteiger partial charge in [-0.1, -0.05) is 71.7 Å². The molecule has 0 radical (unpaired) electrons. The lowest BCUT2D eigenvalue weighted by atomic mass is 9.80. The van der Waals surface area contributed by atoms with Gasteiger partial charge in [-0.15, -0.1) is 11.8 Å². The minimum Gasteiger partial charge on any atom is -0.285 e. The standard InChI is InChI=1S/C19H20INS/c1-4-5-10-19(20)12-18(3,21-13-19)17-14(2)22-11-15-8-6-7-9-16(15)17/h4-10,13H,1,11-12H2,2-3H3/b10-5+/t18-,19?/m0/s1. The fourth-order valence-electron chi connectivity index (χ4n) is 3.36. The quantitative estimate of drug-likeness (QED) is 0.341. The molecule has 1 aromatic carbocycles. The van der Waals surface area contributed by atoms with Crippen LogP contribution in [0.1, 0.15) is 31.4 Å². The van der Waals surface area contributed by atoms with Crippen LogP contribution >= 0.6 is 34.4 Å². The molecule has 2 aliphatic heterocycles. The van der Waals surface area contributed by atoms with Crippen LogP contribution in [0.25, 0.3) is 5.57 Å². The summed E-state index contributed by atoms with van der Waals surface area (Å²) in [6.45, 7) is 8.28. The lowest BCUT2D eigenvalue weighted by Gasteiger charge is -2.33. The van der Waals surface area contributed by atoms with E-state index in [-0.39, 0.29) is 8.96 Å². The van der Waals surface area contributed by atoms with Gasteiger partial charge in [0, 0.05) is 12.0 Å². The molecule has 0 saturated heterocycles. The highest BCUT2D eigenvalue weighted by atomic mass is 127. The molecule has 114 valence electrons. The van der Waals surface area contributed by atoms with Crippen LogP contribution in [0, 0.1) is 0 Å². The molecule has 1 nitrogen and oxygen atoms in total. The van der Waals surface area contributed by atoms with Crippen LogP contribution in [0.15, 0.2) is 59.0 Å². The normalized spacial score (nSPS) is 30.9. The highest BCUT2D eigenvalue weighted by Gasteiger charge is 2.44. The summed E-state index contributed by atoms with van der Waals surface area (Å²) in [5, 5.41) is 0. The third kappa shape index (κ3) is 2.85. The highest BCUT2D eigenvalue weighted by molar-refractivity contribution is 14.1. The van der Waals surface area contributed by atoms with Gasteiger partial charge in [0.25, 0.3) is 0 Å². The minimum atomic E-state index is -0.152. The lowest BCUT2D eigenvalue weighted by molar-refractivity contribution is 0.588. The van der Waals surface area contributed by atoms with E-state index < -0.39 is 0 Å².